The number of hydrogen-bond donors (Lipinski definition) is 1. The molecule has 0 spiro atoms. The number of ether oxygens (including phenoxy) is 3. The highest BCUT2D eigenvalue weighted by atomic mass is 16.6. The Bertz CT molecular complexity index is 802. The van der Waals surface area contributed by atoms with E-state index in [0.717, 1.165) is 0 Å². The molecule has 5 atom stereocenters. The number of rotatable bonds is 3. The van der Waals surface area contributed by atoms with Crippen LogP contribution in [0.2, 0.25) is 0 Å². The third-order valence-corrected chi connectivity index (χ3v) is 5.25. The molecule has 7 nitrogen and oxygen atoms in total. The molecule has 1 aliphatic heterocycles. The topological polar surface area (TPSA) is 99.1 Å². The fourth-order valence-corrected chi connectivity index (χ4v) is 3.33. The second-order valence-corrected chi connectivity index (χ2v) is 7.43. The highest BCUT2D eigenvalue weighted by Crippen LogP contribution is 2.36. The van der Waals surface area contributed by atoms with Crippen molar-refractivity contribution in [2.45, 2.75) is 65.5 Å². The smallest absolute Gasteiger partial charge is 0.334 e. The van der Waals surface area contributed by atoms with Crippen LogP contribution in [0.1, 0.15) is 41.0 Å². The molecule has 0 aromatic rings. The summed E-state index contributed by atoms with van der Waals surface area (Å²) >= 11 is 0. The molecule has 29 heavy (non-hydrogen) atoms. The molecule has 1 fully saturated rings. The van der Waals surface area contributed by atoms with Crippen LogP contribution >= 0.6 is 0 Å². The number of allylic oxidation sites excluding steroid dienone is 1. The monoisotopic (exact) mass is 404 g/mol. The summed E-state index contributed by atoms with van der Waals surface area (Å²) in [6.07, 6.45) is 1.82. The number of hydrogen-bond acceptors (Lipinski definition) is 7. The third kappa shape index (κ3) is 5.23. The van der Waals surface area contributed by atoms with Crippen molar-refractivity contribution >= 4 is 17.9 Å². The van der Waals surface area contributed by atoms with Crippen molar-refractivity contribution in [1.82, 2.24) is 0 Å². The largest absolute Gasteiger partial charge is 0.458 e. The van der Waals surface area contributed by atoms with Crippen LogP contribution < -0.4 is 0 Å². The first-order valence-corrected chi connectivity index (χ1v) is 9.50. The van der Waals surface area contributed by atoms with Crippen molar-refractivity contribution in [3.63, 3.8) is 0 Å². The second kappa shape index (κ2) is 9.22. The molecule has 1 heterocycles. The van der Waals surface area contributed by atoms with Gasteiger partial charge in [-0.3, -0.25) is 4.79 Å². The van der Waals surface area contributed by atoms with Gasteiger partial charge in [-0.2, -0.15) is 0 Å². The van der Waals surface area contributed by atoms with Crippen molar-refractivity contribution in [1.29, 1.82) is 0 Å². The Balaban J connectivity index is 2.52. The van der Waals surface area contributed by atoms with E-state index < -0.39 is 48.2 Å². The second-order valence-electron chi connectivity index (χ2n) is 7.43. The summed E-state index contributed by atoms with van der Waals surface area (Å²) in [6.45, 7) is 11.9. The molecule has 2 rings (SSSR count). The van der Waals surface area contributed by atoms with E-state index in [0.29, 0.717) is 16.7 Å². The number of aliphatic hydroxyl groups is 1. The first kappa shape index (κ1) is 22.6. The van der Waals surface area contributed by atoms with E-state index in [4.69, 9.17) is 14.2 Å². The molecule has 0 bridgehead atoms. The Morgan fingerprint density at radius 2 is 1.86 bits per heavy atom. The predicted molar refractivity (Wildman–Crippen MR) is 106 cm³/mol. The lowest BCUT2D eigenvalue weighted by atomic mass is 9.85. The van der Waals surface area contributed by atoms with Crippen molar-refractivity contribution in [2.24, 2.45) is 5.92 Å². The lowest BCUT2D eigenvalue weighted by Crippen LogP contribution is -2.34. The third-order valence-electron chi connectivity index (χ3n) is 5.25. The number of esters is 3. The van der Waals surface area contributed by atoms with Crippen LogP contribution in [0.4, 0.5) is 0 Å². The maximum Gasteiger partial charge on any atom is 0.334 e. The van der Waals surface area contributed by atoms with Gasteiger partial charge in [-0.25, -0.2) is 9.59 Å². The number of fused-ring (bicyclic) bond motifs is 1. The average Bonchev–Trinajstić information content (AvgIpc) is 2.92. The van der Waals surface area contributed by atoms with Crippen LogP contribution in [0.3, 0.4) is 0 Å². The van der Waals surface area contributed by atoms with Gasteiger partial charge in [0.25, 0.3) is 0 Å². The van der Waals surface area contributed by atoms with Gasteiger partial charge in [-0.05, 0) is 51.0 Å². The maximum atomic E-state index is 12.4. The maximum absolute atomic E-state index is 12.4. The molecule has 0 aromatic carbocycles. The zero-order chi connectivity index (χ0) is 21.9. The highest BCUT2D eigenvalue weighted by Gasteiger charge is 2.44. The van der Waals surface area contributed by atoms with Crippen molar-refractivity contribution in [3.8, 4) is 0 Å². The Morgan fingerprint density at radius 1 is 1.21 bits per heavy atom. The first-order valence-electron chi connectivity index (χ1n) is 9.50. The summed E-state index contributed by atoms with van der Waals surface area (Å²) < 4.78 is 16.4. The summed E-state index contributed by atoms with van der Waals surface area (Å²) in [5.74, 6) is -2.25. The van der Waals surface area contributed by atoms with E-state index in [1.807, 2.05) is 0 Å². The van der Waals surface area contributed by atoms with Crippen LogP contribution in [0.5, 0.6) is 0 Å². The van der Waals surface area contributed by atoms with Crippen molar-refractivity contribution in [2.75, 3.05) is 0 Å². The Hall–Kier alpha value is -2.67. The molecule has 0 amide bonds. The molecule has 1 N–H and O–H groups in total. The normalized spacial score (nSPS) is 34.1. The van der Waals surface area contributed by atoms with Crippen molar-refractivity contribution in [3.05, 3.63) is 47.1 Å². The fraction of sp³-hybridized carbons (Fsp3) is 0.500. The molecule has 2 aliphatic rings. The van der Waals surface area contributed by atoms with E-state index in [9.17, 15) is 19.5 Å². The summed E-state index contributed by atoms with van der Waals surface area (Å²) in [6, 6.07) is 0. The molecule has 158 valence electrons. The number of carbonyl (C=O) groups is 3. The minimum atomic E-state index is -0.936. The van der Waals surface area contributed by atoms with Gasteiger partial charge in [-0.15, -0.1) is 0 Å². The predicted octanol–water partition coefficient (Wildman–Crippen LogP) is 2.55. The van der Waals surface area contributed by atoms with Gasteiger partial charge in [0.2, 0.25) is 0 Å². The molecule has 0 aromatic heterocycles. The van der Waals surface area contributed by atoms with Crippen LogP contribution in [0, 0.1) is 5.92 Å². The number of carbonyl (C=O) groups excluding carboxylic acids is 3. The van der Waals surface area contributed by atoms with Gasteiger partial charge in [-0.1, -0.05) is 12.7 Å². The van der Waals surface area contributed by atoms with Crippen LogP contribution in [0.25, 0.3) is 0 Å². The minimum Gasteiger partial charge on any atom is -0.458 e. The van der Waals surface area contributed by atoms with E-state index in [-0.39, 0.29) is 12.0 Å². The van der Waals surface area contributed by atoms with E-state index in [1.165, 1.54) is 6.92 Å². The average molecular weight is 404 g/mol. The molecule has 0 saturated carbocycles. The Kier molecular flexibility index (Phi) is 7.19. The fourth-order valence-electron chi connectivity index (χ4n) is 3.33. The highest BCUT2D eigenvalue weighted by molar-refractivity contribution is 5.92. The standard InChI is InChI=1S/C22H28O7/c1-7-11(2)21(25)28-18-8-12(3)16(24)10-17(27-15(6)23)13(4)9-19-20(18)14(5)22(26)29-19/h7-9,16-20,24H,5,10H2,1-4,6H3/b11-7+,12-8-,13-9-. The summed E-state index contributed by atoms with van der Waals surface area (Å²) in [5.41, 5.74) is 1.75. The molecular weight excluding hydrogens is 376 g/mol. The lowest BCUT2D eigenvalue weighted by Gasteiger charge is -2.29. The SMILES string of the molecule is C=C1C(=O)OC2/C=C(/C)C(OC(C)=O)CC(O)/C(C)=C\C(OC(=O)/C(C)=C/C)C12. The molecule has 5 unspecified atom stereocenters. The van der Waals surface area contributed by atoms with Gasteiger partial charge < -0.3 is 19.3 Å². The van der Waals surface area contributed by atoms with Gasteiger partial charge >= 0.3 is 17.9 Å². The summed E-state index contributed by atoms with van der Waals surface area (Å²) in [5, 5.41) is 10.6. The molecule has 1 saturated heterocycles. The number of aliphatic hydroxyl groups excluding tert-OH is 1. The molecule has 0 radical (unpaired) electrons. The van der Waals surface area contributed by atoms with Gasteiger partial charge in [0.1, 0.15) is 18.3 Å². The van der Waals surface area contributed by atoms with Crippen LogP contribution in [-0.4, -0.2) is 47.4 Å². The van der Waals surface area contributed by atoms with E-state index in [2.05, 4.69) is 6.58 Å². The molecular formula is C22H28O7. The summed E-state index contributed by atoms with van der Waals surface area (Å²) in [4.78, 5) is 36.1. The van der Waals surface area contributed by atoms with Gasteiger partial charge in [0.15, 0.2) is 0 Å². The molecule has 1 aliphatic carbocycles. The van der Waals surface area contributed by atoms with Gasteiger partial charge in [0, 0.05) is 24.5 Å². The summed E-state index contributed by atoms with van der Waals surface area (Å²) in [7, 11) is 0. The van der Waals surface area contributed by atoms with Gasteiger partial charge in [0.05, 0.1) is 12.0 Å². The molecule has 7 heteroatoms. The lowest BCUT2D eigenvalue weighted by molar-refractivity contribution is -0.147. The zero-order valence-corrected chi connectivity index (χ0v) is 17.4. The van der Waals surface area contributed by atoms with E-state index in [1.54, 1.807) is 45.9 Å². The van der Waals surface area contributed by atoms with Crippen LogP contribution in [-0.2, 0) is 28.6 Å². The first-order chi connectivity index (χ1) is 13.5. The Labute approximate surface area is 170 Å². The Morgan fingerprint density at radius 3 is 2.45 bits per heavy atom. The zero-order valence-electron chi connectivity index (χ0n) is 17.4. The van der Waals surface area contributed by atoms with Crippen LogP contribution in [0.15, 0.2) is 47.1 Å². The van der Waals surface area contributed by atoms with Crippen molar-refractivity contribution < 1.29 is 33.7 Å². The minimum absolute atomic E-state index is 0.130. The quantitative estimate of drug-likeness (QED) is 0.334. The van der Waals surface area contributed by atoms with E-state index >= 15 is 0 Å².